The van der Waals surface area contributed by atoms with Gasteiger partial charge in [0, 0.05) is 7.05 Å². The smallest absolute Gasteiger partial charge is 0.224 e. The molecule has 0 fully saturated rings. The van der Waals surface area contributed by atoms with E-state index in [1.54, 1.807) is 25.2 Å². The van der Waals surface area contributed by atoms with Crippen molar-refractivity contribution in [3.63, 3.8) is 0 Å². The molecular weight excluding hydrogens is 243 g/mol. The summed E-state index contributed by atoms with van der Waals surface area (Å²) in [5.74, 6) is 0.401. The minimum Gasteiger partial charge on any atom is -0.357 e. The van der Waals surface area contributed by atoms with Crippen molar-refractivity contribution in [2.75, 3.05) is 17.7 Å². The molecule has 2 N–H and O–H groups in total. The van der Waals surface area contributed by atoms with Gasteiger partial charge in [0.1, 0.15) is 10.8 Å². The van der Waals surface area contributed by atoms with Gasteiger partial charge >= 0.3 is 0 Å². The number of nitrogens with zero attached hydrogens (tertiary/aromatic N) is 2. The quantitative estimate of drug-likeness (QED) is 0.882. The predicted molar refractivity (Wildman–Crippen MR) is 66.3 cm³/mol. The van der Waals surface area contributed by atoms with Crippen LogP contribution in [0.1, 0.15) is 0 Å². The van der Waals surface area contributed by atoms with E-state index >= 15 is 0 Å². The van der Waals surface area contributed by atoms with E-state index < -0.39 is 0 Å². The van der Waals surface area contributed by atoms with Crippen LogP contribution in [0.15, 0.2) is 30.5 Å². The fraction of sp³-hybridized carbons (Fsp3) is 0.0909. The normalized spacial score (nSPS) is 10.1. The lowest BCUT2D eigenvalue weighted by Gasteiger charge is -2.09. The van der Waals surface area contributed by atoms with Gasteiger partial charge in [0.25, 0.3) is 0 Å². The maximum atomic E-state index is 13.4. The first-order chi connectivity index (χ1) is 8.20. The molecule has 88 valence electrons. The molecule has 2 rings (SSSR count). The number of para-hydroxylation sites is 1. The molecule has 1 aromatic heterocycles. The molecule has 4 nitrogen and oxygen atoms in total. The van der Waals surface area contributed by atoms with Crippen molar-refractivity contribution in [3.8, 4) is 0 Å². The molecule has 1 heterocycles. The van der Waals surface area contributed by atoms with Crippen LogP contribution in [0.3, 0.4) is 0 Å². The Morgan fingerprint density at radius 1 is 1.29 bits per heavy atom. The van der Waals surface area contributed by atoms with Crippen LogP contribution in [0.5, 0.6) is 0 Å². The molecule has 0 amide bonds. The number of rotatable bonds is 3. The highest BCUT2D eigenvalue weighted by Crippen LogP contribution is 2.24. The van der Waals surface area contributed by atoms with E-state index in [1.165, 1.54) is 12.3 Å². The third-order valence-corrected chi connectivity index (χ3v) is 2.37. The van der Waals surface area contributed by atoms with Gasteiger partial charge in [0.2, 0.25) is 5.95 Å². The van der Waals surface area contributed by atoms with Gasteiger partial charge in [-0.3, -0.25) is 0 Å². The number of aromatic nitrogens is 2. The first-order valence-corrected chi connectivity index (χ1v) is 5.30. The van der Waals surface area contributed by atoms with Crippen molar-refractivity contribution in [2.45, 2.75) is 0 Å². The Bertz CT molecular complexity index is 533. The maximum absolute atomic E-state index is 13.4. The molecule has 6 heteroatoms. The average Bonchev–Trinajstić information content (AvgIpc) is 2.35. The van der Waals surface area contributed by atoms with Gasteiger partial charge in [-0.05, 0) is 12.1 Å². The van der Waals surface area contributed by atoms with Gasteiger partial charge in [-0.15, -0.1) is 0 Å². The summed E-state index contributed by atoms with van der Waals surface area (Å²) in [6.45, 7) is 0. The van der Waals surface area contributed by atoms with Gasteiger partial charge in [0.15, 0.2) is 5.82 Å². The SMILES string of the molecule is CNc1ncc(Cl)c(Nc2ccccc2F)n1. The molecule has 0 saturated carbocycles. The Labute approximate surface area is 103 Å². The lowest BCUT2D eigenvalue weighted by Crippen LogP contribution is -2.01. The van der Waals surface area contributed by atoms with Crippen LogP contribution in [0, 0.1) is 5.82 Å². The summed E-state index contributed by atoms with van der Waals surface area (Å²) in [5, 5.41) is 5.92. The third-order valence-electron chi connectivity index (χ3n) is 2.09. The summed E-state index contributed by atoms with van der Waals surface area (Å²) >= 11 is 5.92. The molecule has 17 heavy (non-hydrogen) atoms. The predicted octanol–water partition coefficient (Wildman–Crippen LogP) is 3.05. The standard InChI is InChI=1S/C11H10ClFN4/c1-14-11-15-6-7(12)10(17-11)16-9-5-3-2-4-8(9)13/h2-6H,1H3,(H2,14,15,16,17). The van der Waals surface area contributed by atoms with Crippen molar-refractivity contribution >= 4 is 29.1 Å². The molecule has 0 atom stereocenters. The lowest BCUT2D eigenvalue weighted by atomic mass is 10.3. The Kier molecular flexibility index (Phi) is 3.39. The summed E-state index contributed by atoms with van der Waals surface area (Å²) in [5.41, 5.74) is 0.315. The summed E-state index contributed by atoms with van der Waals surface area (Å²) in [4.78, 5) is 8.03. The number of nitrogens with one attached hydrogen (secondary N) is 2. The Balaban J connectivity index is 2.32. The minimum atomic E-state index is -0.367. The van der Waals surface area contributed by atoms with Gasteiger partial charge in [-0.2, -0.15) is 4.98 Å². The van der Waals surface area contributed by atoms with Crippen LogP contribution in [0.2, 0.25) is 5.02 Å². The molecule has 2 aromatic rings. The fourth-order valence-electron chi connectivity index (χ4n) is 1.27. The molecule has 0 bridgehead atoms. The van der Waals surface area contributed by atoms with Crippen molar-refractivity contribution < 1.29 is 4.39 Å². The molecule has 1 aromatic carbocycles. The number of hydrogen-bond acceptors (Lipinski definition) is 4. The second kappa shape index (κ2) is 4.97. The van der Waals surface area contributed by atoms with Crippen LogP contribution in [-0.4, -0.2) is 17.0 Å². The van der Waals surface area contributed by atoms with Crippen LogP contribution in [0.4, 0.5) is 21.8 Å². The van der Waals surface area contributed by atoms with E-state index in [4.69, 9.17) is 11.6 Å². The third kappa shape index (κ3) is 2.62. The van der Waals surface area contributed by atoms with Gasteiger partial charge in [0.05, 0.1) is 11.9 Å². The van der Waals surface area contributed by atoms with Crippen molar-refractivity contribution in [3.05, 3.63) is 41.3 Å². The van der Waals surface area contributed by atoms with Crippen LogP contribution >= 0.6 is 11.6 Å². The zero-order valence-electron chi connectivity index (χ0n) is 9.04. The van der Waals surface area contributed by atoms with E-state index in [9.17, 15) is 4.39 Å². The molecule has 0 aliphatic heterocycles. The van der Waals surface area contributed by atoms with Crippen molar-refractivity contribution in [1.29, 1.82) is 0 Å². The summed E-state index contributed by atoms with van der Waals surface area (Å²) in [6, 6.07) is 6.30. The second-order valence-electron chi connectivity index (χ2n) is 3.24. The van der Waals surface area contributed by atoms with Gasteiger partial charge in [-0.1, -0.05) is 23.7 Å². The largest absolute Gasteiger partial charge is 0.357 e. The van der Waals surface area contributed by atoms with Gasteiger partial charge in [-0.25, -0.2) is 9.37 Å². The molecule has 0 aliphatic carbocycles. The Morgan fingerprint density at radius 2 is 2.06 bits per heavy atom. The first kappa shape index (κ1) is 11.6. The van der Waals surface area contributed by atoms with Crippen LogP contribution in [0.25, 0.3) is 0 Å². The van der Waals surface area contributed by atoms with Crippen LogP contribution in [-0.2, 0) is 0 Å². The van der Waals surface area contributed by atoms with E-state index in [0.29, 0.717) is 22.5 Å². The minimum absolute atomic E-state index is 0.315. The maximum Gasteiger partial charge on any atom is 0.224 e. The fourth-order valence-corrected chi connectivity index (χ4v) is 1.40. The van der Waals surface area contributed by atoms with E-state index in [1.807, 2.05) is 0 Å². The van der Waals surface area contributed by atoms with E-state index in [2.05, 4.69) is 20.6 Å². The molecule has 0 spiro atoms. The lowest BCUT2D eigenvalue weighted by molar-refractivity contribution is 0.632. The average molecular weight is 253 g/mol. The monoisotopic (exact) mass is 252 g/mol. The van der Waals surface area contributed by atoms with E-state index in [-0.39, 0.29) is 5.82 Å². The molecule has 0 saturated heterocycles. The van der Waals surface area contributed by atoms with Crippen molar-refractivity contribution in [1.82, 2.24) is 9.97 Å². The van der Waals surface area contributed by atoms with Crippen LogP contribution < -0.4 is 10.6 Å². The Morgan fingerprint density at radius 3 is 2.76 bits per heavy atom. The summed E-state index contributed by atoms with van der Waals surface area (Å²) in [7, 11) is 1.69. The first-order valence-electron chi connectivity index (χ1n) is 4.92. The number of halogens is 2. The molecular formula is C11H10ClFN4. The number of hydrogen-bond donors (Lipinski definition) is 2. The highest BCUT2D eigenvalue weighted by Gasteiger charge is 2.07. The highest BCUT2D eigenvalue weighted by atomic mass is 35.5. The van der Waals surface area contributed by atoms with Gasteiger partial charge < -0.3 is 10.6 Å². The second-order valence-corrected chi connectivity index (χ2v) is 3.65. The van der Waals surface area contributed by atoms with Crippen molar-refractivity contribution in [2.24, 2.45) is 0 Å². The topological polar surface area (TPSA) is 49.8 Å². The number of anilines is 3. The molecule has 0 radical (unpaired) electrons. The summed E-state index contributed by atoms with van der Waals surface area (Å²) in [6.07, 6.45) is 1.45. The number of benzene rings is 1. The molecule has 0 aliphatic rings. The van der Waals surface area contributed by atoms with E-state index in [0.717, 1.165) is 0 Å². The summed E-state index contributed by atoms with van der Waals surface area (Å²) < 4.78 is 13.4. The zero-order chi connectivity index (χ0) is 12.3. The highest BCUT2D eigenvalue weighted by molar-refractivity contribution is 6.32. The zero-order valence-corrected chi connectivity index (χ0v) is 9.79. The molecule has 0 unspecified atom stereocenters. The Hall–Kier alpha value is -1.88.